The van der Waals surface area contributed by atoms with Gasteiger partial charge in [-0.25, -0.2) is 0 Å². The molecule has 116 valence electrons. The number of carbonyl (C=O) groups excluding carboxylic acids is 1. The van der Waals surface area contributed by atoms with Crippen LogP contribution in [0.3, 0.4) is 0 Å². The molecule has 1 aliphatic heterocycles. The predicted octanol–water partition coefficient (Wildman–Crippen LogP) is 3.68. The SMILES string of the molecule is CCCCCC(C)N1C(=O)C2(CCCC2)NC1C(C)C. The van der Waals surface area contributed by atoms with Gasteiger partial charge in [0.25, 0.3) is 0 Å². The average Bonchev–Trinajstić information content (AvgIpc) is 2.98. The third-order valence-electron chi connectivity index (χ3n) is 5.16. The summed E-state index contributed by atoms with van der Waals surface area (Å²) in [6.45, 7) is 8.92. The Hall–Kier alpha value is -0.570. The van der Waals surface area contributed by atoms with Gasteiger partial charge in [-0.05, 0) is 32.1 Å². The Balaban J connectivity index is 2.09. The van der Waals surface area contributed by atoms with Crippen molar-refractivity contribution in [2.75, 3.05) is 0 Å². The summed E-state index contributed by atoms with van der Waals surface area (Å²) in [7, 11) is 0. The molecule has 1 aliphatic carbocycles. The number of hydrogen-bond donors (Lipinski definition) is 1. The molecule has 2 unspecified atom stereocenters. The minimum absolute atomic E-state index is 0.214. The van der Waals surface area contributed by atoms with Crippen LogP contribution in [0.5, 0.6) is 0 Å². The third-order valence-corrected chi connectivity index (χ3v) is 5.16. The van der Waals surface area contributed by atoms with E-state index in [1.807, 2.05) is 0 Å². The number of hydrogen-bond acceptors (Lipinski definition) is 2. The minimum Gasteiger partial charge on any atom is -0.323 e. The van der Waals surface area contributed by atoms with E-state index >= 15 is 0 Å². The van der Waals surface area contributed by atoms with Gasteiger partial charge in [0.2, 0.25) is 5.91 Å². The van der Waals surface area contributed by atoms with Crippen LogP contribution in [0.1, 0.15) is 79.1 Å². The van der Waals surface area contributed by atoms with E-state index in [0.717, 1.165) is 19.3 Å². The molecule has 0 bridgehead atoms. The zero-order valence-electron chi connectivity index (χ0n) is 13.7. The highest BCUT2D eigenvalue weighted by atomic mass is 16.2. The fourth-order valence-electron chi connectivity index (χ4n) is 3.92. The topological polar surface area (TPSA) is 32.3 Å². The van der Waals surface area contributed by atoms with Gasteiger partial charge in [-0.2, -0.15) is 0 Å². The van der Waals surface area contributed by atoms with Crippen LogP contribution in [0.25, 0.3) is 0 Å². The number of rotatable bonds is 6. The highest BCUT2D eigenvalue weighted by molar-refractivity contribution is 5.89. The largest absolute Gasteiger partial charge is 0.323 e. The first kappa shape index (κ1) is 15.8. The van der Waals surface area contributed by atoms with Crippen LogP contribution in [0.4, 0.5) is 0 Å². The summed E-state index contributed by atoms with van der Waals surface area (Å²) in [6, 6.07) is 0.369. The molecule has 0 radical (unpaired) electrons. The van der Waals surface area contributed by atoms with E-state index in [0.29, 0.717) is 17.9 Å². The van der Waals surface area contributed by atoms with E-state index in [1.54, 1.807) is 0 Å². The van der Waals surface area contributed by atoms with Crippen molar-refractivity contribution in [2.24, 2.45) is 5.92 Å². The molecule has 1 heterocycles. The first-order chi connectivity index (χ1) is 9.52. The summed E-state index contributed by atoms with van der Waals surface area (Å²) in [6.07, 6.45) is 9.59. The van der Waals surface area contributed by atoms with Gasteiger partial charge in [0, 0.05) is 6.04 Å². The molecule has 2 aliphatic rings. The molecule has 1 saturated carbocycles. The Morgan fingerprint density at radius 1 is 1.25 bits per heavy atom. The summed E-state index contributed by atoms with van der Waals surface area (Å²) in [5.41, 5.74) is -0.214. The fourth-order valence-corrected chi connectivity index (χ4v) is 3.92. The van der Waals surface area contributed by atoms with Crippen LogP contribution in [-0.4, -0.2) is 28.6 Å². The van der Waals surface area contributed by atoms with E-state index in [4.69, 9.17) is 0 Å². The third kappa shape index (κ3) is 2.88. The number of nitrogens with zero attached hydrogens (tertiary/aromatic N) is 1. The van der Waals surface area contributed by atoms with Crippen LogP contribution in [0, 0.1) is 5.92 Å². The van der Waals surface area contributed by atoms with E-state index in [2.05, 4.69) is 37.9 Å². The molecule has 3 nitrogen and oxygen atoms in total. The summed E-state index contributed by atoms with van der Waals surface area (Å²) in [4.78, 5) is 15.2. The molecule has 0 aromatic rings. The molecule has 2 atom stereocenters. The second-order valence-electron chi connectivity index (χ2n) is 7.18. The maximum Gasteiger partial charge on any atom is 0.244 e. The Morgan fingerprint density at radius 3 is 2.45 bits per heavy atom. The Labute approximate surface area is 124 Å². The first-order valence-electron chi connectivity index (χ1n) is 8.62. The predicted molar refractivity (Wildman–Crippen MR) is 83.4 cm³/mol. The Bertz CT molecular complexity index is 334. The molecule has 3 heteroatoms. The summed E-state index contributed by atoms with van der Waals surface area (Å²) in [5.74, 6) is 0.866. The number of nitrogens with one attached hydrogen (secondary N) is 1. The zero-order valence-corrected chi connectivity index (χ0v) is 13.7. The zero-order chi connectivity index (χ0) is 14.8. The van der Waals surface area contributed by atoms with Gasteiger partial charge in [0.1, 0.15) is 0 Å². The summed E-state index contributed by atoms with van der Waals surface area (Å²) >= 11 is 0. The van der Waals surface area contributed by atoms with Gasteiger partial charge in [0.05, 0.1) is 11.7 Å². The molecule has 0 aromatic carbocycles. The maximum absolute atomic E-state index is 13.0. The Kier molecular flexibility index (Phi) is 5.11. The first-order valence-corrected chi connectivity index (χ1v) is 8.62. The lowest BCUT2D eigenvalue weighted by Gasteiger charge is -2.32. The number of unbranched alkanes of at least 4 members (excludes halogenated alkanes) is 2. The molecule has 1 saturated heterocycles. The summed E-state index contributed by atoms with van der Waals surface area (Å²) in [5, 5.41) is 3.71. The second kappa shape index (κ2) is 6.46. The molecular formula is C17H32N2O. The standard InChI is InChI=1S/C17H32N2O/c1-5-6-7-10-14(4)19-15(13(2)3)18-17(16(19)20)11-8-9-12-17/h13-15,18H,5-12H2,1-4H3. The van der Waals surface area contributed by atoms with Crippen molar-refractivity contribution in [3.63, 3.8) is 0 Å². The van der Waals surface area contributed by atoms with Crippen molar-refractivity contribution in [1.82, 2.24) is 10.2 Å². The molecular weight excluding hydrogens is 248 g/mol. The van der Waals surface area contributed by atoms with Crippen LogP contribution < -0.4 is 5.32 Å². The molecule has 20 heavy (non-hydrogen) atoms. The van der Waals surface area contributed by atoms with Crippen molar-refractivity contribution in [3.05, 3.63) is 0 Å². The maximum atomic E-state index is 13.0. The van der Waals surface area contributed by atoms with Crippen LogP contribution in [0.15, 0.2) is 0 Å². The molecule has 1 N–H and O–H groups in total. The van der Waals surface area contributed by atoms with Crippen LogP contribution in [-0.2, 0) is 4.79 Å². The van der Waals surface area contributed by atoms with Crippen molar-refractivity contribution in [3.8, 4) is 0 Å². The normalized spacial score (nSPS) is 26.9. The molecule has 1 amide bonds. The highest BCUT2D eigenvalue weighted by Gasteiger charge is 2.53. The van der Waals surface area contributed by atoms with Crippen molar-refractivity contribution >= 4 is 5.91 Å². The minimum atomic E-state index is -0.214. The molecule has 2 rings (SSSR count). The fraction of sp³-hybridized carbons (Fsp3) is 0.941. The Morgan fingerprint density at radius 2 is 1.90 bits per heavy atom. The lowest BCUT2D eigenvalue weighted by atomic mass is 9.97. The van der Waals surface area contributed by atoms with Crippen molar-refractivity contribution in [2.45, 2.75) is 96.8 Å². The van der Waals surface area contributed by atoms with Gasteiger partial charge < -0.3 is 4.90 Å². The monoisotopic (exact) mass is 280 g/mol. The molecule has 0 aromatic heterocycles. The highest BCUT2D eigenvalue weighted by Crippen LogP contribution is 2.39. The summed E-state index contributed by atoms with van der Waals surface area (Å²) < 4.78 is 0. The number of amides is 1. The van der Waals surface area contributed by atoms with Crippen molar-refractivity contribution < 1.29 is 4.79 Å². The molecule has 1 spiro atoms. The van der Waals surface area contributed by atoms with E-state index in [-0.39, 0.29) is 11.7 Å². The van der Waals surface area contributed by atoms with Crippen molar-refractivity contribution in [1.29, 1.82) is 0 Å². The van der Waals surface area contributed by atoms with Gasteiger partial charge in [0.15, 0.2) is 0 Å². The van der Waals surface area contributed by atoms with E-state index in [1.165, 1.54) is 32.1 Å². The lowest BCUT2D eigenvalue weighted by molar-refractivity contribution is -0.135. The van der Waals surface area contributed by atoms with Gasteiger partial charge in [-0.3, -0.25) is 10.1 Å². The van der Waals surface area contributed by atoms with Gasteiger partial charge >= 0.3 is 0 Å². The van der Waals surface area contributed by atoms with E-state index in [9.17, 15) is 4.79 Å². The smallest absolute Gasteiger partial charge is 0.244 e. The van der Waals surface area contributed by atoms with Gasteiger partial charge in [-0.15, -0.1) is 0 Å². The van der Waals surface area contributed by atoms with Gasteiger partial charge in [-0.1, -0.05) is 52.9 Å². The van der Waals surface area contributed by atoms with E-state index < -0.39 is 0 Å². The quantitative estimate of drug-likeness (QED) is 0.753. The number of carbonyl (C=O) groups is 1. The second-order valence-corrected chi connectivity index (χ2v) is 7.18. The average molecular weight is 280 g/mol. The van der Waals surface area contributed by atoms with Crippen LogP contribution in [0.2, 0.25) is 0 Å². The lowest BCUT2D eigenvalue weighted by Crippen LogP contribution is -2.46. The molecule has 2 fully saturated rings. The van der Waals surface area contributed by atoms with Crippen LogP contribution >= 0.6 is 0 Å².